The summed E-state index contributed by atoms with van der Waals surface area (Å²) in [6.07, 6.45) is 6.02. The van der Waals surface area contributed by atoms with E-state index in [9.17, 15) is 14.7 Å². The van der Waals surface area contributed by atoms with Crippen LogP contribution >= 0.6 is 0 Å². The average molecular weight is 468 g/mol. The van der Waals surface area contributed by atoms with Crippen LogP contribution in [0, 0.1) is 0 Å². The van der Waals surface area contributed by atoms with E-state index in [1.807, 2.05) is 12.1 Å². The van der Waals surface area contributed by atoms with Gasteiger partial charge in [0.05, 0.1) is 12.0 Å². The maximum atomic E-state index is 12.5. The average Bonchev–Trinajstić information content (AvgIpc) is 2.85. The first-order valence-corrected chi connectivity index (χ1v) is 11.9. The number of unbranched alkanes of at least 4 members (excludes halogenated alkanes) is 2. The van der Waals surface area contributed by atoms with Crippen molar-refractivity contribution in [2.75, 3.05) is 13.2 Å². The molecule has 0 saturated carbocycles. The quantitative estimate of drug-likeness (QED) is 0.423. The lowest BCUT2D eigenvalue weighted by Gasteiger charge is -2.41. The monoisotopic (exact) mass is 467 g/mol. The molecule has 0 saturated heterocycles. The van der Waals surface area contributed by atoms with Gasteiger partial charge in [-0.25, -0.2) is 4.79 Å². The normalized spacial score (nSPS) is 13.3. The van der Waals surface area contributed by atoms with Crippen LogP contribution in [0.1, 0.15) is 68.5 Å². The number of aliphatic hydroxyl groups excluding tert-OH is 1. The molecule has 7 heteroatoms. The Bertz CT molecular complexity index is 1190. The second-order valence-electron chi connectivity index (χ2n) is 8.49. The molecule has 4 rings (SSSR count). The zero-order chi connectivity index (χ0) is 24.7. The fourth-order valence-corrected chi connectivity index (χ4v) is 4.39. The van der Waals surface area contributed by atoms with Crippen LogP contribution in [0.5, 0.6) is 5.75 Å². The van der Waals surface area contributed by atoms with Gasteiger partial charge in [-0.15, -0.1) is 0 Å². The fourth-order valence-electron chi connectivity index (χ4n) is 4.39. The van der Waals surface area contributed by atoms with Gasteiger partial charge in [-0.05, 0) is 37.3 Å². The molecule has 0 radical (unpaired) electrons. The first kappa shape index (κ1) is 25.5. The molecular weight excluding hydrogens is 434 g/mol. The molecule has 0 fully saturated rings. The summed E-state index contributed by atoms with van der Waals surface area (Å²) in [6.45, 7) is 4.82. The predicted octanol–water partition coefficient (Wildman–Crippen LogP) is 5.06. The Balaban J connectivity index is 0.000000751. The van der Waals surface area contributed by atoms with Crippen molar-refractivity contribution in [2.45, 2.75) is 58.0 Å². The molecule has 4 N–H and O–H groups in total. The Labute approximate surface area is 199 Å². The van der Waals surface area contributed by atoms with Gasteiger partial charge in [-0.3, -0.25) is 4.79 Å². The first-order valence-electron chi connectivity index (χ1n) is 11.9. The molecule has 0 bridgehead atoms. The third kappa shape index (κ3) is 5.16. The fraction of sp³-hybridized carbons (Fsp3) is 0.407. The first-order chi connectivity index (χ1) is 16.4. The van der Waals surface area contributed by atoms with Gasteiger partial charge < -0.3 is 25.1 Å². The Kier molecular flexibility index (Phi) is 8.47. The van der Waals surface area contributed by atoms with Gasteiger partial charge in [-0.1, -0.05) is 51.0 Å². The van der Waals surface area contributed by atoms with Crippen molar-refractivity contribution < 1.29 is 24.2 Å². The third-order valence-corrected chi connectivity index (χ3v) is 6.05. The van der Waals surface area contributed by atoms with Gasteiger partial charge in [-0.2, -0.15) is 0 Å². The summed E-state index contributed by atoms with van der Waals surface area (Å²) in [5.74, 6) is -0.996. The number of carbonyl (C=O) groups is 1. The lowest BCUT2D eigenvalue weighted by atomic mass is 9.78. The summed E-state index contributed by atoms with van der Waals surface area (Å²) < 4.78 is 12.2. The Morgan fingerprint density at radius 2 is 1.68 bits per heavy atom. The smallest absolute Gasteiger partial charge is 0.371 e. The van der Waals surface area contributed by atoms with Crippen molar-refractivity contribution in [1.29, 1.82) is 0 Å². The number of aromatic carboxylic acids is 1. The number of nitrogens with two attached hydrogens (primary N) is 1. The van der Waals surface area contributed by atoms with Gasteiger partial charge in [0.25, 0.3) is 0 Å². The molecule has 0 atom stereocenters. The third-order valence-electron chi connectivity index (χ3n) is 6.05. The topological polar surface area (TPSA) is 123 Å². The van der Waals surface area contributed by atoms with Gasteiger partial charge in [0.2, 0.25) is 5.76 Å². The second kappa shape index (κ2) is 11.3. The van der Waals surface area contributed by atoms with E-state index in [2.05, 4.69) is 26.0 Å². The molecule has 0 aliphatic carbocycles. The molecule has 1 aromatic heterocycles. The molecule has 0 spiro atoms. The van der Waals surface area contributed by atoms with Gasteiger partial charge >= 0.3 is 5.97 Å². The number of carboxylic acids is 1. The number of hydrogen-bond donors (Lipinski definition) is 3. The summed E-state index contributed by atoms with van der Waals surface area (Å²) in [6, 6.07) is 12.7. The van der Waals surface area contributed by atoms with Crippen LogP contribution in [0.2, 0.25) is 0 Å². The van der Waals surface area contributed by atoms with Crippen LogP contribution in [0.4, 0.5) is 0 Å². The number of benzene rings is 2. The van der Waals surface area contributed by atoms with Gasteiger partial charge in [0.15, 0.2) is 5.43 Å². The van der Waals surface area contributed by atoms with E-state index in [1.54, 1.807) is 12.1 Å². The van der Waals surface area contributed by atoms with E-state index >= 15 is 0 Å². The molecule has 7 nitrogen and oxygen atoms in total. The summed E-state index contributed by atoms with van der Waals surface area (Å²) in [4.78, 5) is 23.9. The van der Waals surface area contributed by atoms with Gasteiger partial charge in [0, 0.05) is 29.8 Å². The molecule has 1 aliphatic heterocycles. The largest absolute Gasteiger partial charge is 0.482 e. The van der Waals surface area contributed by atoms with Crippen molar-refractivity contribution in [2.24, 2.45) is 5.73 Å². The highest BCUT2D eigenvalue weighted by Gasteiger charge is 2.40. The van der Waals surface area contributed by atoms with Crippen LogP contribution in [-0.4, -0.2) is 29.3 Å². The minimum absolute atomic E-state index is 0.0972. The van der Waals surface area contributed by atoms with Crippen LogP contribution in [0.15, 0.2) is 51.7 Å². The number of fused-ring (bicyclic) bond motifs is 4. The molecule has 0 amide bonds. The van der Waals surface area contributed by atoms with Crippen LogP contribution in [-0.2, 0) is 5.60 Å². The molecule has 34 heavy (non-hydrogen) atoms. The molecular formula is C27H33NO6. The van der Waals surface area contributed by atoms with Crippen molar-refractivity contribution in [3.63, 3.8) is 0 Å². The predicted molar refractivity (Wildman–Crippen MR) is 132 cm³/mol. The number of aliphatic hydroxyl groups is 1. The number of ether oxygens (including phenoxy) is 1. The van der Waals surface area contributed by atoms with Crippen molar-refractivity contribution in [3.05, 3.63) is 64.0 Å². The molecule has 1 aliphatic rings. The molecule has 182 valence electrons. The number of rotatable bonds is 8. The Morgan fingerprint density at radius 1 is 1.03 bits per heavy atom. The van der Waals surface area contributed by atoms with E-state index in [1.165, 1.54) is 0 Å². The van der Waals surface area contributed by atoms with E-state index in [-0.39, 0.29) is 23.4 Å². The summed E-state index contributed by atoms with van der Waals surface area (Å²) in [7, 11) is 0. The summed E-state index contributed by atoms with van der Waals surface area (Å²) in [5, 5.41) is 17.4. The molecule has 2 aromatic carbocycles. The maximum absolute atomic E-state index is 12.5. The highest BCUT2D eigenvalue weighted by Crippen LogP contribution is 2.50. The summed E-state index contributed by atoms with van der Waals surface area (Å²) >= 11 is 0. The Hall–Kier alpha value is -3.16. The van der Waals surface area contributed by atoms with E-state index < -0.39 is 11.6 Å². The maximum Gasteiger partial charge on any atom is 0.371 e. The van der Waals surface area contributed by atoms with Crippen LogP contribution in [0.25, 0.3) is 22.1 Å². The van der Waals surface area contributed by atoms with Crippen LogP contribution < -0.4 is 15.9 Å². The highest BCUT2D eigenvalue weighted by molar-refractivity contribution is 5.92. The lowest BCUT2D eigenvalue weighted by Crippen LogP contribution is -2.36. The standard InChI is InChI=1S/C25H26O5.C2H7NO/c1-3-5-11-25(12-6-4-2)19-10-8-7-9-16(19)17-13-18-20(26)14-23(24(27)28)29-21(18)15-22(17)30-25;3-1-2-4/h7-10,13-15H,3-6,11-12H2,1-2H3,(H,27,28);4H,1-3H2. The van der Waals surface area contributed by atoms with Crippen LogP contribution in [0.3, 0.4) is 0 Å². The molecule has 3 aromatic rings. The van der Waals surface area contributed by atoms with Crippen molar-refractivity contribution in [3.8, 4) is 16.9 Å². The van der Waals surface area contributed by atoms with E-state index in [0.29, 0.717) is 17.7 Å². The van der Waals surface area contributed by atoms with E-state index in [4.69, 9.17) is 20.0 Å². The lowest BCUT2D eigenvalue weighted by molar-refractivity contribution is 0.0396. The molecule has 2 heterocycles. The number of carboxylic acid groups (broad SMARTS) is 1. The SMILES string of the molecule is CCCCC1(CCCC)Oc2cc3oc(C(=O)O)cc(=O)c3cc2-c2ccccc21.NCCO. The number of hydrogen-bond acceptors (Lipinski definition) is 6. The highest BCUT2D eigenvalue weighted by atomic mass is 16.5. The Morgan fingerprint density at radius 3 is 2.26 bits per heavy atom. The zero-order valence-corrected chi connectivity index (χ0v) is 19.8. The van der Waals surface area contributed by atoms with Gasteiger partial charge in [0.1, 0.15) is 16.9 Å². The zero-order valence-electron chi connectivity index (χ0n) is 19.8. The van der Waals surface area contributed by atoms with E-state index in [0.717, 1.165) is 61.3 Å². The van der Waals surface area contributed by atoms with Crippen molar-refractivity contribution >= 4 is 16.9 Å². The van der Waals surface area contributed by atoms with Crippen molar-refractivity contribution in [1.82, 2.24) is 0 Å². The minimum atomic E-state index is -1.27. The summed E-state index contributed by atoms with van der Waals surface area (Å²) in [5.41, 5.74) is 7.27. The second-order valence-corrected chi connectivity index (χ2v) is 8.49. The minimum Gasteiger partial charge on any atom is -0.482 e. The molecule has 0 unspecified atom stereocenters.